The molecule has 0 aliphatic rings. The van der Waals surface area contributed by atoms with Crippen molar-refractivity contribution in [1.29, 1.82) is 0 Å². The lowest BCUT2D eigenvalue weighted by Gasteiger charge is -2.13. The van der Waals surface area contributed by atoms with Crippen molar-refractivity contribution in [2.45, 2.75) is 6.92 Å². The van der Waals surface area contributed by atoms with Crippen molar-refractivity contribution in [1.82, 2.24) is 19.9 Å². The van der Waals surface area contributed by atoms with E-state index in [1.54, 1.807) is 42.7 Å². The van der Waals surface area contributed by atoms with Crippen LogP contribution in [0.4, 0.5) is 28.8 Å². The highest BCUT2D eigenvalue weighted by molar-refractivity contribution is 5.98. The van der Waals surface area contributed by atoms with Crippen molar-refractivity contribution in [3.8, 4) is 11.4 Å². The van der Waals surface area contributed by atoms with E-state index in [0.29, 0.717) is 22.9 Å². The van der Waals surface area contributed by atoms with E-state index in [-0.39, 0.29) is 23.2 Å². The van der Waals surface area contributed by atoms with E-state index >= 15 is 0 Å². The largest absolute Gasteiger partial charge is 0.365 e. The van der Waals surface area contributed by atoms with E-state index < -0.39 is 5.91 Å². The van der Waals surface area contributed by atoms with Crippen LogP contribution in [0.5, 0.6) is 0 Å². The molecule has 0 bridgehead atoms. The van der Waals surface area contributed by atoms with E-state index in [1.807, 2.05) is 24.3 Å². The number of benzene rings is 2. The summed E-state index contributed by atoms with van der Waals surface area (Å²) in [7, 11) is 0. The van der Waals surface area contributed by atoms with Gasteiger partial charge in [-0.3, -0.25) is 9.59 Å². The number of nitrogens with zero attached hydrogens (tertiary/aromatic N) is 4. The van der Waals surface area contributed by atoms with Gasteiger partial charge in [-0.15, -0.1) is 0 Å². The molecule has 2 aromatic carbocycles. The summed E-state index contributed by atoms with van der Waals surface area (Å²) in [6, 6.07) is 16.2. The summed E-state index contributed by atoms with van der Waals surface area (Å²) in [5.74, 6) is 0.206. The molecule has 0 saturated carbocycles. The average Bonchev–Trinajstić information content (AvgIpc) is 2.80. The first-order valence-corrected chi connectivity index (χ1v) is 9.94. The summed E-state index contributed by atoms with van der Waals surface area (Å²) in [5, 5.41) is 8.90. The highest BCUT2D eigenvalue weighted by atomic mass is 16.1. The average molecular weight is 440 g/mol. The molecule has 0 spiro atoms. The minimum atomic E-state index is -0.667. The number of nitrogens with two attached hydrogens (primary N) is 1. The molecule has 33 heavy (non-hydrogen) atoms. The second-order valence-corrected chi connectivity index (χ2v) is 6.99. The van der Waals surface area contributed by atoms with Crippen LogP contribution in [0.1, 0.15) is 17.3 Å². The number of hydrogen-bond donors (Lipinski definition) is 4. The molecule has 2 amide bonds. The highest BCUT2D eigenvalue weighted by Gasteiger charge is 2.13. The van der Waals surface area contributed by atoms with Gasteiger partial charge in [0.2, 0.25) is 11.9 Å². The van der Waals surface area contributed by atoms with Crippen LogP contribution in [-0.2, 0) is 4.79 Å². The predicted molar refractivity (Wildman–Crippen MR) is 125 cm³/mol. The van der Waals surface area contributed by atoms with E-state index in [9.17, 15) is 9.59 Å². The number of primary amides is 1. The molecule has 0 aliphatic heterocycles. The summed E-state index contributed by atoms with van der Waals surface area (Å²) >= 11 is 0. The van der Waals surface area contributed by atoms with Crippen molar-refractivity contribution in [2.24, 2.45) is 5.73 Å². The SMILES string of the molecule is CC(=O)Nc1cccc(Nc2ncc(C(N)=O)c(Nc3cccc(-c4ncccn4)c3)n2)c1. The Morgan fingerprint density at radius 2 is 1.55 bits per heavy atom. The Bertz CT molecular complexity index is 1310. The zero-order valence-electron chi connectivity index (χ0n) is 17.6. The molecule has 2 aromatic heterocycles. The maximum atomic E-state index is 11.9. The van der Waals surface area contributed by atoms with Gasteiger partial charge in [0.05, 0.1) is 0 Å². The molecular formula is C23H20N8O2. The molecule has 10 heteroatoms. The Kier molecular flexibility index (Phi) is 6.17. The fourth-order valence-corrected chi connectivity index (χ4v) is 3.05. The Morgan fingerprint density at radius 1 is 0.848 bits per heavy atom. The lowest BCUT2D eigenvalue weighted by molar-refractivity contribution is -0.114. The summed E-state index contributed by atoms with van der Waals surface area (Å²) in [6.45, 7) is 1.43. The van der Waals surface area contributed by atoms with E-state index in [2.05, 4.69) is 35.9 Å². The van der Waals surface area contributed by atoms with Crippen LogP contribution in [0.2, 0.25) is 0 Å². The third-order valence-electron chi connectivity index (χ3n) is 4.44. The third-order valence-corrected chi connectivity index (χ3v) is 4.44. The van der Waals surface area contributed by atoms with Gasteiger partial charge in [-0.05, 0) is 36.4 Å². The van der Waals surface area contributed by atoms with Gasteiger partial charge in [0.25, 0.3) is 5.91 Å². The number of carbonyl (C=O) groups excluding carboxylic acids is 2. The minimum absolute atomic E-state index is 0.133. The van der Waals surface area contributed by atoms with Crippen molar-refractivity contribution in [3.63, 3.8) is 0 Å². The lowest BCUT2D eigenvalue weighted by Crippen LogP contribution is -2.15. The topological polar surface area (TPSA) is 148 Å². The predicted octanol–water partition coefficient (Wildman–Crippen LogP) is 3.48. The first-order chi connectivity index (χ1) is 16.0. The summed E-state index contributed by atoms with van der Waals surface area (Å²) in [6.07, 6.45) is 4.68. The van der Waals surface area contributed by atoms with Crippen LogP contribution in [0, 0.1) is 0 Å². The number of anilines is 5. The summed E-state index contributed by atoms with van der Waals surface area (Å²) in [5.41, 5.74) is 8.39. The standard InChI is InChI=1S/C23H20N8O2/c1-14(32)28-17-7-3-8-18(12-17)30-23-27-13-19(20(24)33)22(31-23)29-16-6-2-5-15(11-16)21-25-9-4-10-26-21/h2-13H,1H3,(H2,24,33)(H,28,32)(H2,27,29,30,31). The second kappa shape index (κ2) is 9.52. The Morgan fingerprint density at radius 3 is 2.27 bits per heavy atom. The molecule has 0 unspecified atom stereocenters. The summed E-state index contributed by atoms with van der Waals surface area (Å²) < 4.78 is 0. The lowest BCUT2D eigenvalue weighted by atomic mass is 10.2. The molecular weight excluding hydrogens is 420 g/mol. The normalized spacial score (nSPS) is 10.3. The van der Waals surface area contributed by atoms with Gasteiger partial charge in [0.15, 0.2) is 5.82 Å². The first-order valence-electron chi connectivity index (χ1n) is 9.94. The Hall–Kier alpha value is -4.86. The van der Waals surface area contributed by atoms with Gasteiger partial charge < -0.3 is 21.7 Å². The van der Waals surface area contributed by atoms with Gasteiger partial charge >= 0.3 is 0 Å². The molecule has 0 atom stereocenters. The first kappa shape index (κ1) is 21.4. The monoisotopic (exact) mass is 440 g/mol. The molecule has 0 radical (unpaired) electrons. The van der Waals surface area contributed by atoms with Gasteiger partial charge in [-0.2, -0.15) is 4.98 Å². The highest BCUT2D eigenvalue weighted by Crippen LogP contribution is 2.25. The second-order valence-electron chi connectivity index (χ2n) is 6.99. The third kappa shape index (κ3) is 5.44. The number of nitrogens with one attached hydrogen (secondary N) is 3. The maximum absolute atomic E-state index is 11.9. The quantitative estimate of drug-likeness (QED) is 0.341. The van der Waals surface area contributed by atoms with Crippen LogP contribution in [0.25, 0.3) is 11.4 Å². The maximum Gasteiger partial charge on any atom is 0.254 e. The molecule has 0 saturated heterocycles. The Labute approximate surface area is 189 Å². The van der Waals surface area contributed by atoms with E-state index in [4.69, 9.17) is 5.73 Å². The van der Waals surface area contributed by atoms with Crippen molar-refractivity contribution >= 4 is 40.6 Å². The van der Waals surface area contributed by atoms with E-state index in [0.717, 1.165) is 5.56 Å². The molecule has 10 nitrogen and oxygen atoms in total. The fraction of sp³-hybridized carbons (Fsp3) is 0.0435. The van der Waals surface area contributed by atoms with Crippen LogP contribution < -0.4 is 21.7 Å². The zero-order valence-corrected chi connectivity index (χ0v) is 17.6. The number of hydrogen-bond acceptors (Lipinski definition) is 8. The molecule has 2 heterocycles. The van der Waals surface area contributed by atoms with Crippen LogP contribution in [0.15, 0.2) is 73.2 Å². The number of aromatic nitrogens is 4. The van der Waals surface area contributed by atoms with Crippen molar-refractivity contribution in [3.05, 3.63) is 78.8 Å². The molecule has 164 valence electrons. The smallest absolute Gasteiger partial charge is 0.254 e. The van der Waals surface area contributed by atoms with Gasteiger partial charge in [0, 0.05) is 48.1 Å². The van der Waals surface area contributed by atoms with Crippen LogP contribution in [-0.4, -0.2) is 31.8 Å². The summed E-state index contributed by atoms with van der Waals surface area (Å²) in [4.78, 5) is 40.4. The molecule has 4 rings (SSSR count). The Balaban J connectivity index is 1.61. The fourth-order valence-electron chi connectivity index (χ4n) is 3.05. The van der Waals surface area contributed by atoms with Gasteiger partial charge in [-0.1, -0.05) is 18.2 Å². The molecule has 0 fully saturated rings. The van der Waals surface area contributed by atoms with Crippen molar-refractivity contribution < 1.29 is 9.59 Å². The van der Waals surface area contributed by atoms with E-state index in [1.165, 1.54) is 13.1 Å². The zero-order chi connectivity index (χ0) is 23.2. The van der Waals surface area contributed by atoms with Crippen LogP contribution >= 0.6 is 0 Å². The molecule has 4 aromatic rings. The number of amides is 2. The minimum Gasteiger partial charge on any atom is -0.365 e. The van der Waals surface area contributed by atoms with Crippen LogP contribution in [0.3, 0.4) is 0 Å². The molecule has 5 N–H and O–H groups in total. The molecule has 0 aliphatic carbocycles. The number of carbonyl (C=O) groups is 2. The van der Waals surface area contributed by atoms with Gasteiger partial charge in [0.1, 0.15) is 11.4 Å². The number of rotatable bonds is 7. The van der Waals surface area contributed by atoms with Crippen molar-refractivity contribution in [2.75, 3.05) is 16.0 Å². The van der Waals surface area contributed by atoms with Gasteiger partial charge in [-0.25, -0.2) is 15.0 Å².